The highest BCUT2D eigenvalue weighted by molar-refractivity contribution is 6.10. The predicted molar refractivity (Wildman–Crippen MR) is 134 cm³/mol. The number of urea groups is 1. The van der Waals surface area contributed by atoms with Crippen LogP contribution in [0.2, 0.25) is 0 Å². The Morgan fingerprint density at radius 3 is 2.60 bits per heavy atom. The van der Waals surface area contributed by atoms with E-state index in [0.29, 0.717) is 32.9 Å². The molecule has 6 rings (SSSR count). The lowest BCUT2D eigenvalue weighted by Gasteiger charge is -2.32. The maximum absolute atomic E-state index is 14.0. The molecule has 40 heavy (non-hydrogen) atoms. The zero-order chi connectivity index (χ0) is 28.4. The van der Waals surface area contributed by atoms with E-state index in [4.69, 9.17) is 0 Å². The van der Waals surface area contributed by atoms with Crippen molar-refractivity contribution in [1.29, 1.82) is 0 Å². The summed E-state index contributed by atoms with van der Waals surface area (Å²) in [5.41, 5.74) is 2.65. The van der Waals surface area contributed by atoms with Crippen LogP contribution in [0.4, 0.5) is 22.4 Å². The summed E-state index contributed by atoms with van der Waals surface area (Å²) in [5, 5.41) is 6.89. The van der Waals surface area contributed by atoms with Crippen molar-refractivity contribution in [2.45, 2.75) is 50.0 Å². The Morgan fingerprint density at radius 2 is 1.88 bits per heavy atom. The van der Waals surface area contributed by atoms with Crippen molar-refractivity contribution < 1.29 is 31.9 Å². The molecule has 1 unspecified atom stereocenters. The predicted octanol–water partition coefficient (Wildman–Crippen LogP) is 3.83. The van der Waals surface area contributed by atoms with Crippen LogP contribution < -0.4 is 5.32 Å². The number of nitrogens with one attached hydrogen (secondary N) is 1. The molecular formula is C28H25F4N5O3. The number of benzene rings is 2. The van der Waals surface area contributed by atoms with Gasteiger partial charge >= 0.3 is 12.2 Å². The van der Waals surface area contributed by atoms with E-state index >= 15 is 0 Å². The van der Waals surface area contributed by atoms with Crippen molar-refractivity contribution in [3.63, 3.8) is 0 Å². The Morgan fingerprint density at radius 1 is 1.07 bits per heavy atom. The van der Waals surface area contributed by atoms with E-state index in [1.54, 1.807) is 24.0 Å². The fourth-order valence-electron chi connectivity index (χ4n) is 6.10. The number of fused-ring (bicyclic) bond motifs is 3. The molecule has 3 aliphatic rings. The van der Waals surface area contributed by atoms with Gasteiger partial charge in [0.2, 0.25) is 5.91 Å². The number of nitrogens with zero attached hydrogens (tertiary/aromatic N) is 4. The van der Waals surface area contributed by atoms with Gasteiger partial charge in [-0.1, -0.05) is 24.3 Å². The first-order chi connectivity index (χ1) is 19.0. The first kappa shape index (κ1) is 26.0. The van der Waals surface area contributed by atoms with E-state index in [1.807, 2.05) is 18.3 Å². The second-order valence-electron chi connectivity index (χ2n) is 10.5. The topological polar surface area (TPSA) is 87.5 Å². The summed E-state index contributed by atoms with van der Waals surface area (Å²) in [6.45, 7) is -1.24. The minimum absolute atomic E-state index is 0.0644. The summed E-state index contributed by atoms with van der Waals surface area (Å²) in [6.07, 6.45) is -0.935. The molecule has 2 atom stereocenters. The molecule has 3 heterocycles. The van der Waals surface area contributed by atoms with Gasteiger partial charge in [0, 0.05) is 25.4 Å². The monoisotopic (exact) mass is 555 g/mol. The Bertz CT molecular complexity index is 1550. The SMILES string of the molecule is Cn1cc(-c2ccc3c(c2)CCC32NC(=O)N(CC(=O)N3Cc4ccc(F)cc4CC[C@H]3C(F)(F)F)C2=O)cn1. The highest BCUT2D eigenvalue weighted by atomic mass is 19.4. The molecule has 3 aromatic rings. The molecule has 2 aliphatic heterocycles. The van der Waals surface area contributed by atoms with Crippen LogP contribution in [0.25, 0.3) is 11.1 Å². The Hall–Kier alpha value is -4.22. The quantitative estimate of drug-likeness (QED) is 0.393. The molecule has 2 aromatic carbocycles. The van der Waals surface area contributed by atoms with Crippen LogP contribution in [0.5, 0.6) is 0 Å². The largest absolute Gasteiger partial charge is 0.408 e. The minimum Gasteiger partial charge on any atom is -0.325 e. The summed E-state index contributed by atoms with van der Waals surface area (Å²) in [6, 6.07) is 6.22. The van der Waals surface area contributed by atoms with Gasteiger partial charge in [-0.05, 0) is 65.6 Å². The number of carbonyl (C=O) groups is 3. The number of halogens is 4. The fraction of sp³-hybridized carbons (Fsp3) is 0.357. The molecule has 0 radical (unpaired) electrons. The van der Waals surface area contributed by atoms with Crippen molar-refractivity contribution in [3.8, 4) is 11.1 Å². The number of hydrogen-bond donors (Lipinski definition) is 1. The van der Waals surface area contributed by atoms with Gasteiger partial charge in [-0.3, -0.25) is 19.2 Å². The third kappa shape index (κ3) is 4.22. The molecular weight excluding hydrogens is 530 g/mol. The van der Waals surface area contributed by atoms with E-state index in [2.05, 4.69) is 10.4 Å². The number of imide groups is 1. The zero-order valence-corrected chi connectivity index (χ0v) is 21.5. The van der Waals surface area contributed by atoms with Crippen LogP contribution in [0, 0.1) is 5.82 Å². The molecule has 4 amide bonds. The van der Waals surface area contributed by atoms with Crippen molar-refractivity contribution in [2.24, 2.45) is 7.05 Å². The molecule has 1 fully saturated rings. The summed E-state index contributed by atoms with van der Waals surface area (Å²) in [7, 11) is 1.80. The number of alkyl halides is 3. The molecule has 1 spiro atoms. The molecule has 1 saturated heterocycles. The van der Waals surface area contributed by atoms with Gasteiger partial charge in [-0.2, -0.15) is 18.3 Å². The Kier molecular flexibility index (Phi) is 5.97. The standard InChI is InChI=1S/C28H25F4N5O3/c1-35-13-20(12-33-35)16-3-6-22-18(10-16)8-9-27(22)25(39)37(26(40)34-27)15-24(38)36-14-19-2-5-21(29)11-17(19)4-7-23(36)28(30,31)32/h2-3,5-6,10-13,23H,4,7-9,14-15H2,1H3,(H,34,40)/t23-,27?/m0/s1. The number of rotatable bonds is 3. The second-order valence-corrected chi connectivity index (χ2v) is 10.5. The molecule has 8 nitrogen and oxygen atoms in total. The number of aromatic nitrogens is 2. The van der Waals surface area contributed by atoms with E-state index in [1.165, 1.54) is 12.1 Å². The molecule has 1 aliphatic carbocycles. The molecule has 1 N–H and O–H groups in total. The maximum Gasteiger partial charge on any atom is 0.408 e. The smallest absolute Gasteiger partial charge is 0.325 e. The molecule has 0 bridgehead atoms. The summed E-state index contributed by atoms with van der Waals surface area (Å²) in [4.78, 5) is 41.4. The lowest BCUT2D eigenvalue weighted by Crippen LogP contribution is -2.52. The van der Waals surface area contributed by atoms with Crippen LogP contribution in [0.15, 0.2) is 48.8 Å². The summed E-state index contributed by atoms with van der Waals surface area (Å²) >= 11 is 0. The van der Waals surface area contributed by atoms with Crippen molar-refractivity contribution >= 4 is 17.8 Å². The average Bonchev–Trinajstić information content (AvgIpc) is 3.51. The van der Waals surface area contributed by atoms with Crippen LogP contribution >= 0.6 is 0 Å². The van der Waals surface area contributed by atoms with Crippen LogP contribution in [-0.4, -0.2) is 56.2 Å². The third-order valence-corrected chi connectivity index (χ3v) is 8.11. The van der Waals surface area contributed by atoms with E-state index in [-0.39, 0.29) is 12.8 Å². The van der Waals surface area contributed by atoms with Crippen LogP contribution in [0.1, 0.15) is 35.1 Å². The van der Waals surface area contributed by atoms with Crippen molar-refractivity contribution in [2.75, 3.05) is 6.54 Å². The Labute approximate surface area is 226 Å². The first-order valence-electron chi connectivity index (χ1n) is 12.9. The van der Waals surface area contributed by atoms with Gasteiger partial charge in [0.25, 0.3) is 5.91 Å². The molecule has 208 valence electrons. The van der Waals surface area contributed by atoms with E-state index in [0.717, 1.165) is 22.8 Å². The maximum atomic E-state index is 14.0. The lowest BCUT2D eigenvalue weighted by atomic mass is 9.90. The normalized spacial score (nSPS) is 22.4. The molecule has 1 aromatic heterocycles. The summed E-state index contributed by atoms with van der Waals surface area (Å²) in [5.74, 6) is -2.25. The van der Waals surface area contributed by atoms with Crippen molar-refractivity contribution in [1.82, 2.24) is 24.9 Å². The van der Waals surface area contributed by atoms with Crippen LogP contribution in [0.3, 0.4) is 0 Å². The van der Waals surface area contributed by atoms with Gasteiger partial charge in [-0.15, -0.1) is 0 Å². The van der Waals surface area contributed by atoms with Crippen molar-refractivity contribution in [3.05, 3.63) is 76.9 Å². The molecule has 0 saturated carbocycles. The first-order valence-corrected chi connectivity index (χ1v) is 12.9. The Balaban J connectivity index is 1.26. The van der Waals surface area contributed by atoms with Gasteiger partial charge in [0.05, 0.1) is 6.20 Å². The number of hydrogen-bond acceptors (Lipinski definition) is 4. The van der Waals surface area contributed by atoms with Crippen LogP contribution in [-0.2, 0) is 41.6 Å². The second kappa shape index (κ2) is 9.17. The fourth-order valence-corrected chi connectivity index (χ4v) is 6.10. The van der Waals surface area contributed by atoms with Gasteiger partial charge < -0.3 is 10.2 Å². The lowest BCUT2D eigenvalue weighted by molar-refractivity contribution is -0.192. The van der Waals surface area contributed by atoms with E-state index < -0.39 is 60.9 Å². The number of carbonyl (C=O) groups excluding carboxylic acids is 3. The van der Waals surface area contributed by atoms with E-state index in [9.17, 15) is 31.9 Å². The average molecular weight is 556 g/mol. The third-order valence-electron chi connectivity index (χ3n) is 8.11. The molecule has 12 heteroatoms. The highest BCUT2D eigenvalue weighted by Gasteiger charge is 2.56. The van der Waals surface area contributed by atoms with Gasteiger partial charge in [-0.25, -0.2) is 9.18 Å². The van der Waals surface area contributed by atoms with Gasteiger partial charge in [0.1, 0.15) is 23.9 Å². The van der Waals surface area contributed by atoms with Gasteiger partial charge in [0.15, 0.2) is 0 Å². The minimum atomic E-state index is -4.74. The summed E-state index contributed by atoms with van der Waals surface area (Å²) < 4.78 is 57.5. The number of amides is 4. The highest BCUT2D eigenvalue weighted by Crippen LogP contribution is 2.43. The zero-order valence-electron chi connectivity index (χ0n) is 21.5. The number of aryl methyl sites for hydroxylation is 3.